The first-order chi connectivity index (χ1) is 18.9. The third kappa shape index (κ3) is 7.32. The number of methoxy groups -OCH3 is 4. The number of carbonyl (C=O) groups excluding carboxylic acids is 2. The van der Waals surface area contributed by atoms with Gasteiger partial charge in [0.1, 0.15) is 9.79 Å². The van der Waals surface area contributed by atoms with Crippen LogP contribution in [0.15, 0.2) is 46.2 Å². The molecule has 3 rings (SSSR count). The Balaban J connectivity index is 1.81. The van der Waals surface area contributed by atoms with Gasteiger partial charge in [-0.15, -0.1) is 0 Å². The van der Waals surface area contributed by atoms with Crippen LogP contribution >= 0.6 is 0 Å². The summed E-state index contributed by atoms with van der Waals surface area (Å²) in [6, 6.07) is 4.17. The number of carbonyl (C=O) groups is 2. The average Bonchev–Trinajstić information content (AvgIpc) is 2.91. The van der Waals surface area contributed by atoms with Gasteiger partial charge in [0.25, 0.3) is 20.0 Å². The van der Waals surface area contributed by atoms with Crippen LogP contribution in [0.5, 0.6) is 23.5 Å². The second-order valence-electron chi connectivity index (χ2n) is 7.12. The highest BCUT2D eigenvalue weighted by Gasteiger charge is 2.29. The van der Waals surface area contributed by atoms with Crippen LogP contribution in [0.3, 0.4) is 0 Å². The molecule has 0 spiro atoms. The fraction of sp³-hybridized carbons (Fsp3) is 0.200. The Morgan fingerprint density at radius 1 is 0.600 bits per heavy atom. The summed E-state index contributed by atoms with van der Waals surface area (Å²) >= 11 is 0. The normalized spacial score (nSPS) is 11.1. The van der Waals surface area contributed by atoms with Crippen molar-refractivity contribution >= 4 is 44.0 Å². The number of aromatic nitrogens is 4. The highest BCUT2D eigenvalue weighted by molar-refractivity contribution is 7.93. The molecule has 0 fully saturated rings. The Morgan fingerprint density at radius 2 is 0.900 bits per heavy atom. The smallest absolute Gasteiger partial charge is 0.335 e. The van der Waals surface area contributed by atoms with Gasteiger partial charge in [-0.3, -0.25) is 10.6 Å². The van der Waals surface area contributed by atoms with Crippen molar-refractivity contribution in [1.82, 2.24) is 29.4 Å². The highest BCUT2D eigenvalue weighted by atomic mass is 32.2. The van der Waals surface area contributed by atoms with E-state index in [2.05, 4.69) is 30.6 Å². The van der Waals surface area contributed by atoms with E-state index in [4.69, 9.17) is 18.9 Å². The van der Waals surface area contributed by atoms with E-state index < -0.39 is 41.9 Å². The molecule has 0 saturated carbocycles. The fourth-order valence-corrected chi connectivity index (χ4v) is 5.49. The number of nitrogens with one attached hydrogen (secondary N) is 4. The third-order valence-corrected chi connectivity index (χ3v) is 7.44. The monoisotopic (exact) mass is 598 g/mol. The quantitative estimate of drug-likeness (QED) is 0.246. The molecular weight excluding hydrogens is 576 g/mol. The molecule has 4 amide bonds. The van der Waals surface area contributed by atoms with Gasteiger partial charge in [-0.25, -0.2) is 35.9 Å². The van der Waals surface area contributed by atoms with E-state index in [1.807, 2.05) is 0 Å². The largest absolute Gasteiger partial charge is 0.481 e. The van der Waals surface area contributed by atoms with Gasteiger partial charge in [0, 0.05) is 0 Å². The molecule has 214 valence electrons. The lowest BCUT2D eigenvalue weighted by molar-refractivity contribution is 0.255. The van der Waals surface area contributed by atoms with Crippen molar-refractivity contribution in [2.24, 2.45) is 0 Å². The summed E-state index contributed by atoms with van der Waals surface area (Å²) < 4.78 is 74.9. The molecule has 40 heavy (non-hydrogen) atoms. The molecule has 0 aliphatic heterocycles. The molecule has 0 saturated heterocycles. The molecule has 18 nitrogen and oxygen atoms in total. The van der Waals surface area contributed by atoms with Crippen molar-refractivity contribution in [2.45, 2.75) is 9.79 Å². The number of urea groups is 2. The molecule has 4 N–H and O–H groups in total. The number of amides is 4. The van der Waals surface area contributed by atoms with Crippen molar-refractivity contribution in [3.05, 3.63) is 36.4 Å². The predicted molar refractivity (Wildman–Crippen MR) is 135 cm³/mol. The minimum Gasteiger partial charge on any atom is -0.481 e. The number of sulfonamides is 2. The second-order valence-corrected chi connectivity index (χ2v) is 10.4. The molecular formula is C20H22N8O10S2. The number of hydrogen-bond donors (Lipinski definition) is 4. The summed E-state index contributed by atoms with van der Waals surface area (Å²) in [4.78, 5) is 38.5. The summed E-state index contributed by atoms with van der Waals surface area (Å²) in [5.74, 6) is -0.738. The first-order valence-corrected chi connectivity index (χ1v) is 13.6. The lowest BCUT2D eigenvalue weighted by Crippen LogP contribution is -2.38. The molecule has 0 unspecified atom stereocenters. The summed E-state index contributed by atoms with van der Waals surface area (Å²) in [5.41, 5.74) is 0. The molecule has 3 aromatic rings. The first kappa shape index (κ1) is 29.6. The summed E-state index contributed by atoms with van der Waals surface area (Å²) in [6.45, 7) is 0. The van der Waals surface area contributed by atoms with Crippen molar-refractivity contribution in [2.75, 3.05) is 39.1 Å². The van der Waals surface area contributed by atoms with Gasteiger partial charge in [-0.05, 0) is 12.1 Å². The minimum atomic E-state index is -4.83. The molecule has 0 radical (unpaired) electrons. The summed E-state index contributed by atoms with van der Waals surface area (Å²) in [7, 11) is -4.48. The fourth-order valence-electron chi connectivity index (χ4n) is 2.84. The SMILES string of the molecule is COc1cc(OC)nc(NC(=O)NS(=O)(=O)c2ccccc2S(=O)(=O)NC(=O)Nc2nc(OC)cc(OC)n2)n1. The zero-order valence-electron chi connectivity index (χ0n) is 21.2. The maximum atomic E-state index is 13.0. The molecule has 0 atom stereocenters. The van der Waals surface area contributed by atoms with Crippen LogP contribution in [0.4, 0.5) is 21.5 Å². The number of nitrogens with zero attached hydrogens (tertiary/aromatic N) is 4. The molecule has 0 aliphatic rings. The Kier molecular flexibility index (Phi) is 9.06. The Bertz CT molecular complexity index is 1470. The summed E-state index contributed by atoms with van der Waals surface area (Å²) in [6.07, 6.45) is 0. The van der Waals surface area contributed by atoms with E-state index in [1.165, 1.54) is 52.7 Å². The van der Waals surface area contributed by atoms with Gasteiger partial charge in [-0.2, -0.15) is 19.9 Å². The lowest BCUT2D eigenvalue weighted by Gasteiger charge is -2.13. The first-order valence-electron chi connectivity index (χ1n) is 10.6. The van der Waals surface area contributed by atoms with Crippen LogP contribution in [-0.4, -0.2) is 77.3 Å². The maximum Gasteiger partial charge on any atom is 0.335 e. The van der Waals surface area contributed by atoms with Crippen molar-refractivity contribution in [3.63, 3.8) is 0 Å². The van der Waals surface area contributed by atoms with Crippen LogP contribution in [0, 0.1) is 0 Å². The van der Waals surface area contributed by atoms with Crippen molar-refractivity contribution in [1.29, 1.82) is 0 Å². The van der Waals surface area contributed by atoms with E-state index in [0.29, 0.717) is 0 Å². The van der Waals surface area contributed by atoms with Crippen LogP contribution in [0.1, 0.15) is 0 Å². The Hall–Kier alpha value is -4.98. The van der Waals surface area contributed by atoms with Crippen LogP contribution in [0.2, 0.25) is 0 Å². The molecule has 2 heterocycles. The zero-order chi connectivity index (χ0) is 29.5. The van der Waals surface area contributed by atoms with E-state index >= 15 is 0 Å². The maximum absolute atomic E-state index is 13.0. The predicted octanol–water partition coefficient (Wildman–Crippen LogP) is 0.322. The standard InChI is InChI=1S/C20H22N8O10S2/c1-35-13-9-14(36-2)22-17(21-13)25-19(29)27-39(31,32)11-7-5-6-8-12(11)40(33,34)28-20(30)26-18-23-15(37-3)10-16(24-18)38-4/h5-10H,1-4H3,(H2,21,22,25,27,29)(H2,23,24,26,28,30). The molecule has 20 heteroatoms. The van der Waals surface area contributed by atoms with E-state index in [-0.39, 0.29) is 35.4 Å². The topological polar surface area (TPSA) is 239 Å². The van der Waals surface area contributed by atoms with Crippen LogP contribution in [-0.2, 0) is 20.0 Å². The highest BCUT2D eigenvalue weighted by Crippen LogP contribution is 2.22. The number of benzene rings is 1. The van der Waals surface area contributed by atoms with Crippen LogP contribution < -0.4 is 39.0 Å². The van der Waals surface area contributed by atoms with Crippen molar-refractivity contribution in [3.8, 4) is 23.5 Å². The second kappa shape index (κ2) is 12.3. The number of hydrogen-bond acceptors (Lipinski definition) is 14. The van der Waals surface area contributed by atoms with Gasteiger partial charge in [0.15, 0.2) is 0 Å². The van der Waals surface area contributed by atoms with Crippen LogP contribution in [0.25, 0.3) is 0 Å². The number of ether oxygens (including phenoxy) is 4. The van der Waals surface area contributed by atoms with Gasteiger partial charge in [-0.1, -0.05) is 12.1 Å². The molecule has 0 aliphatic carbocycles. The Morgan fingerprint density at radius 3 is 1.18 bits per heavy atom. The van der Waals surface area contributed by atoms with E-state index in [1.54, 1.807) is 9.44 Å². The Labute approximate surface area is 227 Å². The van der Waals surface area contributed by atoms with Gasteiger partial charge in [0.05, 0.1) is 40.6 Å². The third-order valence-electron chi connectivity index (χ3n) is 4.53. The van der Waals surface area contributed by atoms with Crippen molar-refractivity contribution < 1.29 is 45.4 Å². The minimum absolute atomic E-state index is 0.00332. The lowest BCUT2D eigenvalue weighted by atomic mass is 10.4. The molecule has 0 bridgehead atoms. The van der Waals surface area contributed by atoms with E-state index in [9.17, 15) is 26.4 Å². The molecule has 1 aromatic carbocycles. The number of rotatable bonds is 10. The number of anilines is 2. The van der Waals surface area contributed by atoms with Gasteiger partial charge in [0.2, 0.25) is 35.4 Å². The average molecular weight is 599 g/mol. The van der Waals surface area contributed by atoms with E-state index in [0.717, 1.165) is 12.1 Å². The summed E-state index contributed by atoms with van der Waals surface area (Å²) in [5, 5.41) is 4.16. The molecule has 2 aromatic heterocycles. The van der Waals surface area contributed by atoms with Gasteiger partial charge < -0.3 is 18.9 Å². The zero-order valence-corrected chi connectivity index (χ0v) is 22.8. The van der Waals surface area contributed by atoms with Gasteiger partial charge >= 0.3 is 12.1 Å².